The van der Waals surface area contributed by atoms with Gasteiger partial charge < -0.3 is 15.1 Å². The van der Waals surface area contributed by atoms with Gasteiger partial charge in [0.25, 0.3) is 0 Å². The standard InChI is InChI=1S/C11H12F2N4O/c1-2-14-6-10-16-17-11(18-10)15-9-4-7(12)3-8(13)5-9/h3-5,14H,2,6H2,1H3,(H,15,17). The first kappa shape index (κ1) is 12.4. The Kier molecular flexibility index (Phi) is 3.83. The monoisotopic (exact) mass is 254 g/mol. The van der Waals surface area contributed by atoms with E-state index in [1.165, 1.54) is 0 Å². The van der Waals surface area contributed by atoms with E-state index in [1.54, 1.807) is 0 Å². The lowest BCUT2D eigenvalue weighted by atomic mass is 10.3. The van der Waals surface area contributed by atoms with Gasteiger partial charge in [0.1, 0.15) is 11.6 Å². The summed E-state index contributed by atoms with van der Waals surface area (Å²) in [7, 11) is 0. The molecule has 0 saturated carbocycles. The average molecular weight is 254 g/mol. The van der Waals surface area contributed by atoms with Crippen molar-refractivity contribution in [3.63, 3.8) is 0 Å². The molecule has 0 aliphatic carbocycles. The summed E-state index contributed by atoms with van der Waals surface area (Å²) in [6, 6.07) is 3.15. The Balaban J connectivity index is 2.06. The molecule has 96 valence electrons. The highest BCUT2D eigenvalue weighted by atomic mass is 19.1. The molecule has 0 radical (unpaired) electrons. The lowest BCUT2D eigenvalue weighted by Gasteiger charge is -2.01. The summed E-state index contributed by atoms with van der Waals surface area (Å²) in [5.41, 5.74) is 0.214. The summed E-state index contributed by atoms with van der Waals surface area (Å²) >= 11 is 0. The van der Waals surface area contributed by atoms with E-state index in [1.807, 2.05) is 6.92 Å². The first-order chi connectivity index (χ1) is 8.67. The van der Waals surface area contributed by atoms with E-state index in [4.69, 9.17) is 4.42 Å². The van der Waals surface area contributed by atoms with Crippen LogP contribution in [0.4, 0.5) is 20.5 Å². The van der Waals surface area contributed by atoms with E-state index in [-0.39, 0.29) is 11.7 Å². The summed E-state index contributed by atoms with van der Waals surface area (Å²) in [6.07, 6.45) is 0. The third-order valence-corrected chi connectivity index (χ3v) is 2.11. The third kappa shape index (κ3) is 3.24. The second-order valence-corrected chi connectivity index (χ2v) is 3.56. The SMILES string of the molecule is CCNCc1nnc(Nc2cc(F)cc(F)c2)o1. The van der Waals surface area contributed by atoms with Gasteiger partial charge in [-0.05, 0) is 18.7 Å². The Hall–Kier alpha value is -2.02. The number of hydrogen-bond donors (Lipinski definition) is 2. The molecule has 0 spiro atoms. The number of anilines is 2. The number of nitrogens with zero attached hydrogens (tertiary/aromatic N) is 2. The molecule has 1 aromatic carbocycles. The van der Waals surface area contributed by atoms with E-state index >= 15 is 0 Å². The van der Waals surface area contributed by atoms with Crippen LogP contribution in [0.5, 0.6) is 0 Å². The van der Waals surface area contributed by atoms with Crippen LogP contribution in [0.15, 0.2) is 22.6 Å². The zero-order chi connectivity index (χ0) is 13.0. The van der Waals surface area contributed by atoms with Crippen molar-refractivity contribution >= 4 is 11.7 Å². The summed E-state index contributed by atoms with van der Waals surface area (Å²) in [6.45, 7) is 3.17. The van der Waals surface area contributed by atoms with Gasteiger partial charge in [-0.3, -0.25) is 0 Å². The van der Waals surface area contributed by atoms with Crippen LogP contribution in [0.25, 0.3) is 0 Å². The first-order valence-electron chi connectivity index (χ1n) is 5.43. The van der Waals surface area contributed by atoms with Crippen molar-refractivity contribution in [1.82, 2.24) is 15.5 Å². The summed E-state index contributed by atoms with van der Waals surface area (Å²) in [4.78, 5) is 0. The molecule has 2 aromatic rings. The zero-order valence-electron chi connectivity index (χ0n) is 9.70. The Bertz CT molecular complexity index is 509. The van der Waals surface area contributed by atoms with Crippen LogP contribution in [0.3, 0.4) is 0 Å². The summed E-state index contributed by atoms with van der Waals surface area (Å²) in [5.74, 6) is -0.953. The Morgan fingerprint density at radius 1 is 1.17 bits per heavy atom. The van der Waals surface area contributed by atoms with E-state index in [9.17, 15) is 8.78 Å². The largest absolute Gasteiger partial charge is 0.406 e. The molecule has 0 atom stereocenters. The maximum absolute atomic E-state index is 12.9. The van der Waals surface area contributed by atoms with Gasteiger partial charge in [0.05, 0.1) is 6.54 Å². The normalized spacial score (nSPS) is 10.6. The van der Waals surface area contributed by atoms with Crippen molar-refractivity contribution < 1.29 is 13.2 Å². The van der Waals surface area contributed by atoms with Crippen LogP contribution in [-0.2, 0) is 6.54 Å². The van der Waals surface area contributed by atoms with Gasteiger partial charge >= 0.3 is 6.01 Å². The minimum absolute atomic E-state index is 0.0907. The van der Waals surface area contributed by atoms with Crippen LogP contribution in [-0.4, -0.2) is 16.7 Å². The fourth-order valence-electron chi connectivity index (χ4n) is 1.36. The third-order valence-electron chi connectivity index (χ3n) is 2.11. The first-order valence-corrected chi connectivity index (χ1v) is 5.43. The topological polar surface area (TPSA) is 63.0 Å². The van der Waals surface area contributed by atoms with E-state index in [2.05, 4.69) is 20.8 Å². The molecule has 0 fully saturated rings. The molecular weight excluding hydrogens is 242 g/mol. The van der Waals surface area contributed by atoms with Gasteiger partial charge in [-0.1, -0.05) is 12.0 Å². The van der Waals surface area contributed by atoms with Crippen molar-refractivity contribution in [2.75, 3.05) is 11.9 Å². The number of rotatable bonds is 5. The van der Waals surface area contributed by atoms with Gasteiger partial charge in [-0.2, -0.15) is 0 Å². The van der Waals surface area contributed by atoms with Gasteiger partial charge in [0.15, 0.2) is 0 Å². The minimum Gasteiger partial charge on any atom is -0.406 e. The maximum Gasteiger partial charge on any atom is 0.320 e. The van der Waals surface area contributed by atoms with Crippen LogP contribution in [0.2, 0.25) is 0 Å². The maximum atomic E-state index is 12.9. The molecule has 1 heterocycles. The van der Waals surface area contributed by atoms with Crippen molar-refractivity contribution in [1.29, 1.82) is 0 Å². The molecule has 0 aliphatic rings. The van der Waals surface area contributed by atoms with Crippen molar-refractivity contribution in [2.45, 2.75) is 13.5 Å². The fourth-order valence-corrected chi connectivity index (χ4v) is 1.36. The molecule has 0 unspecified atom stereocenters. The average Bonchev–Trinajstić information content (AvgIpc) is 2.72. The predicted molar refractivity (Wildman–Crippen MR) is 61.3 cm³/mol. The molecule has 2 N–H and O–H groups in total. The molecule has 0 saturated heterocycles. The molecule has 18 heavy (non-hydrogen) atoms. The van der Waals surface area contributed by atoms with E-state index < -0.39 is 11.6 Å². The summed E-state index contributed by atoms with van der Waals surface area (Å²) < 4.78 is 31.1. The van der Waals surface area contributed by atoms with Crippen LogP contribution < -0.4 is 10.6 Å². The number of nitrogens with one attached hydrogen (secondary N) is 2. The Labute approximate surface area is 102 Å². The van der Waals surface area contributed by atoms with Crippen LogP contribution in [0.1, 0.15) is 12.8 Å². The van der Waals surface area contributed by atoms with Crippen molar-refractivity contribution in [3.8, 4) is 0 Å². The molecule has 0 amide bonds. The van der Waals surface area contributed by atoms with Crippen molar-refractivity contribution in [3.05, 3.63) is 35.7 Å². The smallest absolute Gasteiger partial charge is 0.320 e. The van der Waals surface area contributed by atoms with Gasteiger partial charge in [-0.25, -0.2) is 8.78 Å². The Morgan fingerprint density at radius 3 is 2.56 bits per heavy atom. The molecule has 2 rings (SSSR count). The lowest BCUT2D eigenvalue weighted by Crippen LogP contribution is -2.11. The van der Waals surface area contributed by atoms with Gasteiger partial charge in [0, 0.05) is 11.8 Å². The van der Waals surface area contributed by atoms with Crippen LogP contribution in [0, 0.1) is 11.6 Å². The Morgan fingerprint density at radius 2 is 1.89 bits per heavy atom. The van der Waals surface area contributed by atoms with Gasteiger partial charge in [-0.15, -0.1) is 5.10 Å². The van der Waals surface area contributed by atoms with Crippen LogP contribution >= 0.6 is 0 Å². The zero-order valence-corrected chi connectivity index (χ0v) is 9.70. The molecule has 1 aromatic heterocycles. The molecule has 5 nitrogen and oxygen atoms in total. The molecule has 0 aliphatic heterocycles. The molecule has 0 bridgehead atoms. The highest BCUT2D eigenvalue weighted by Gasteiger charge is 2.07. The fraction of sp³-hybridized carbons (Fsp3) is 0.273. The van der Waals surface area contributed by atoms with E-state index in [0.717, 1.165) is 24.7 Å². The number of benzene rings is 1. The molecule has 7 heteroatoms. The predicted octanol–water partition coefficient (Wildman–Crippen LogP) is 2.20. The second kappa shape index (κ2) is 5.54. The minimum atomic E-state index is -0.676. The number of aromatic nitrogens is 2. The van der Waals surface area contributed by atoms with Gasteiger partial charge in [0.2, 0.25) is 5.89 Å². The van der Waals surface area contributed by atoms with Crippen molar-refractivity contribution in [2.24, 2.45) is 0 Å². The number of halogens is 2. The lowest BCUT2D eigenvalue weighted by molar-refractivity contribution is 0.484. The molecular formula is C11H12F2N4O. The highest BCUT2D eigenvalue weighted by molar-refractivity contribution is 5.51. The second-order valence-electron chi connectivity index (χ2n) is 3.56. The number of hydrogen-bond acceptors (Lipinski definition) is 5. The summed E-state index contributed by atoms with van der Waals surface area (Å²) in [5, 5.41) is 13.1. The quantitative estimate of drug-likeness (QED) is 0.856. The van der Waals surface area contributed by atoms with E-state index in [0.29, 0.717) is 12.4 Å². The highest BCUT2D eigenvalue weighted by Crippen LogP contribution is 2.17.